The number of ether oxygens (including phenoxy) is 1. The highest BCUT2D eigenvalue weighted by Gasteiger charge is 2.28. The van der Waals surface area contributed by atoms with Crippen molar-refractivity contribution in [1.29, 1.82) is 0 Å². The first kappa shape index (κ1) is 24.1. The van der Waals surface area contributed by atoms with Crippen molar-refractivity contribution in [3.8, 4) is 5.75 Å². The second-order valence-corrected chi connectivity index (χ2v) is 11.3. The van der Waals surface area contributed by atoms with E-state index >= 15 is 0 Å². The molecular formula is C25H29N5O4S2. The summed E-state index contributed by atoms with van der Waals surface area (Å²) in [7, 11) is -2.05. The number of nitrogens with zero attached hydrogens (tertiary/aromatic N) is 4. The fraction of sp³-hybridized carbons (Fsp3) is 0.280. The normalized spacial score (nSPS) is 16.3. The highest BCUT2D eigenvalue weighted by Crippen LogP contribution is 2.25. The minimum Gasteiger partial charge on any atom is -0.497 e. The summed E-state index contributed by atoms with van der Waals surface area (Å²) in [6.07, 6.45) is 3.48. The number of amides is 1. The third kappa shape index (κ3) is 4.89. The van der Waals surface area contributed by atoms with Crippen LogP contribution in [0.3, 0.4) is 0 Å². The van der Waals surface area contributed by atoms with Crippen LogP contribution in [0, 0.1) is 0 Å². The van der Waals surface area contributed by atoms with E-state index in [-0.39, 0.29) is 24.8 Å². The molecule has 1 unspecified atom stereocenters. The summed E-state index contributed by atoms with van der Waals surface area (Å²) >= 11 is 1.23. The van der Waals surface area contributed by atoms with Crippen LogP contribution in [0.25, 0.3) is 10.9 Å². The topological polar surface area (TPSA) is 96.8 Å². The summed E-state index contributed by atoms with van der Waals surface area (Å²) in [5.41, 5.74) is 1.92. The highest BCUT2D eigenvalue weighted by atomic mass is 32.2. The SMILES string of the molecule is COc1ccc2c(ccn2CC(=O)N2CCN(c3ccc(S(=O)(=O)Nc4nccs4)cc3)CC2C)c1.[HH]. The highest BCUT2D eigenvalue weighted by molar-refractivity contribution is 7.93. The Labute approximate surface area is 215 Å². The molecule has 2 aromatic heterocycles. The number of sulfonamides is 1. The maximum absolute atomic E-state index is 13.2. The molecule has 1 aliphatic rings. The van der Waals surface area contributed by atoms with Crippen LogP contribution in [0.15, 0.2) is 71.2 Å². The Morgan fingerprint density at radius 2 is 2.00 bits per heavy atom. The minimum atomic E-state index is -3.69. The van der Waals surface area contributed by atoms with E-state index in [1.54, 1.807) is 43.0 Å². The Morgan fingerprint density at radius 3 is 2.69 bits per heavy atom. The average molecular weight is 528 g/mol. The van der Waals surface area contributed by atoms with E-state index in [1.807, 2.05) is 46.9 Å². The lowest BCUT2D eigenvalue weighted by Gasteiger charge is -2.41. The lowest BCUT2D eigenvalue weighted by atomic mass is 10.1. The molecular weight excluding hydrogens is 498 g/mol. The van der Waals surface area contributed by atoms with Gasteiger partial charge in [0, 0.05) is 61.5 Å². The van der Waals surface area contributed by atoms with E-state index in [0.717, 1.165) is 22.3 Å². The number of methoxy groups -OCH3 is 1. The number of hydrogen-bond donors (Lipinski definition) is 1. The monoisotopic (exact) mass is 527 g/mol. The summed E-state index contributed by atoms with van der Waals surface area (Å²) in [6.45, 7) is 4.25. The molecule has 1 aliphatic heterocycles. The molecule has 3 heterocycles. The molecule has 4 aromatic rings. The van der Waals surface area contributed by atoms with Gasteiger partial charge in [0.2, 0.25) is 5.91 Å². The molecule has 11 heteroatoms. The minimum absolute atomic E-state index is 0. The van der Waals surface area contributed by atoms with Crippen LogP contribution in [0.2, 0.25) is 0 Å². The third-order valence-electron chi connectivity index (χ3n) is 6.40. The number of aromatic nitrogens is 2. The Kier molecular flexibility index (Phi) is 6.59. The van der Waals surface area contributed by atoms with Crippen molar-refractivity contribution in [2.75, 3.05) is 36.4 Å². The van der Waals surface area contributed by atoms with Crippen LogP contribution in [-0.4, -0.2) is 61.6 Å². The van der Waals surface area contributed by atoms with Crippen molar-refractivity contribution in [2.45, 2.75) is 24.4 Å². The average Bonchev–Trinajstić information content (AvgIpc) is 3.53. The van der Waals surface area contributed by atoms with Gasteiger partial charge in [-0.15, -0.1) is 11.3 Å². The number of thiazole rings is 1. The summed E-state index contributed by atoms with van der Waals surface area (Å²) in [5, 5.41) is 3.08. The number of benzene rings is 2. The van der Waals surface area contributed by atoms with Crippen molar-refractivity contribution in [3.05, 3.63) is 66.3 Å². The smallest absolute Gasteiger partial charge is 0.263 e. The number of fused-ring (bicyclic) bond motifs is 1. The molecule has 1 saturated heterocycles. The quantitative estimate of drug-likeness (QED) is 0.392. The van der Waals surface area contributed by atoms with Crippen LogP contribution in [0.5, 0.6) is 5.75 Å². The van der Waals surface area contributed by atoms with E-state index in [2.05, 4.69) is 14.6 Å². The second kappa shape index (κ2) is 9.82. The van der Waals surface area contributed by atoms with E-state index in [9.17, 15) is 13.2 Å². The standard InChI is InChI=1S/C25H27N5O4S2.H2/c1-18-16-28(20-3-6-22(7-4-20)36(32,33)27-25-26-10-14-35-25)12-13-30(18)24(31)17-29-11-9-19-15-21(34-2)5-8-23(19)29;/h3-11,14-15,18H,12-13,16-17H2,1-2H3,(H,26,27);1H. The zero-order valence-electron chi connectivity index (χ0n) is 20.0. The lowest BCUT2D eigenvalue weighted by molar-refractivity contribution is -0.134. The van der Waals surface area contributed by atoms with Crippen LogP contribution in [0.4, 0.5) is 10.8 Å². The molecule has 0 saturated carbocycles. The van der Waals surface area contributed by atoms with Crippen molar-refractivity contribution in [2.24, 2.45) is 0 Å². The number of nitrogens with one attached hydrogen (secondary N) is 1. The van der Waals surface area contributed by atoms with Gasteiger partial charge in [0.15, 0.2) is 5.13 Å². The zero-order valence-corrected chi connectivity index (χ0v) is 21.6. The zero-order chi connectivity index (χ0) is 25.3. The number of hydrogen-bond acceptors (Lipinski definition) is 7. The van der Waals surface area contributed by atoms with Crippen LogP contribution in [0.1, 0.15) is 8.35 Å². The van der Waals surface area contributed by atoms with Gasteiger partial charge in [-0.2, -0.15) is 0 Å². The van der Waals surface area contributed by atoms with Crippen molar-refractivity contribution in [3.63, 3.8) is 0 Å². The molecule has 5 rings (SSSR count). The molecule has 2 aromatic carbocycles. The van der Waals surface area contributed by atoms with Gasteiger partial charge in [-0.3, -0.25) is 9.52 Å². The van der Waals surface area contributed by atoms with E-state index in [4.69, 9.17) is 4.74 Å². The molecule has 1 N–H and O–H groups in total. The van der Waals surface area contributed by atoms with Gasteiger partial charge in [-0.1, -0.05) is 0 Å². The lowest BCUT2D eigenvalue weighted by Crippen LogP contribution is -2.54. The number of carbonyl (C=O) groups is 1. The Morgan fingerprint density at radius 1 is 1.19 bits per heavy atom. The van der Waals surface area contributed by atoms with Crippen molar-refractivity contribution in [1.82, 2.24) is 14.5 Å². The Balaban J connectivity index is 0.00000320. The van der Waals surface area contributed by atoms with Crippen LogP contribution >= 0.6 is 11.3 Å². The van der Waals surface area contributed by atoms with Crippen molar-refractivity contribution < 1.29 is 19.4 Å². The molecule has 0 bridgehead atoms. The number of carbonyl (C=O) groups excluding carboxylic acids is 1. The van der Waals surface area contributed by atoms with Gasteiger partial charge in [0.25, 0.3) is 10.0 Å². The first-order chi connectivity index (χ1) is 17.3. The largest absolute Gasteiger partial charge is 0.497 e. The fourth-order valence-electron chi connectivity index (χ4n) is 4.53. The van der Waals surface area contributed by atoms with Gasteiger partial charge in [-0.05, 0) is 55.5 Å². The fourth-order valence-corrected chi connectivity index (χ4v) is 6.31. The molecule has 36 heavy (non-hydrogen) atoms. The Bertz CT molecular complexity index is 1470. The van der Waals surface area contributed by atoms with E-state index in [0.29, 0.717) is 24.8 Å². The number of piperazine rings is 1. The predicted octanol–water partition coefficient (Wildman–Crippen LogP) is 3.89. The van der Waals surface area contributed by atoms with Gasteiger partial charge in [0.1, 0.15) is 12.3 Å². The van der Waals surface area contributed by atoms with E-state index < -0.39 is 10.0 Å². The molecule has 1 atom stereocenters. The number of rotatable bonds is 7. The summed E-state index contributed by atoms with van der Waals surface area (Å²) in [6, 6.07) is 14.6. The molecule has 0 spiro atoms. The summed E-state index contributed by atoms with van der Waals surface area (Å²) in [5.74, 6) is 0.864. The molecule has 9 nitrogen and oxygen atoms in total. The molecule has 1 amide bonds. The van der Waals surface area contributed by atoms with Gasteiger partial charge in [0.05, 0.1) is 12.0 Å². The maximum Gasteiger partial charge on any atom is 0.263 e. The van der Waals surface area contributed by atoms with Gasteiger partial charge >= 0.3 is 0 Å². The maximum atomic E-state index is 13.2. The molecule has 0 aliphatic carbocycles. The molecule has 190 valence electrons. The first-order valence-electron chi connectivity index (χ1n) is 11.5. The van der Waals surface area contributed by atoms with Crippen molar-refractivity contribution >= 4 is 49.0 Å². The molecule has 0 radical (unpaired) electrons. The van der Waals surface area contributed by atoms with Gasteiger partial charge < -0.3 is 19.1 Å². The third-order valence-corrected chi connectivity index (χ3v) is 8.57. The first-order valence-corrected chi connectivity index (χ1v) is 13.9. The van der Waals surface area contributed by atoms with E-state index in [1.165, 1.54) is 11.3 Å². The number of anilines is 2. The Hall–Kier alpha value is -3.57. The summed E-state index contributed by atoms with van der Waals surface area (Å²) < 4.78 is 34.9. The predicted molar refractivity (Wildman–Crippen MR) is 143 cm³/mol. The van der Waals surface area contributed by atoms with Crippen LogP contribution < -0.4 is 14.4 Å². The second-order valence-electron chi connectivity index (χ2n) is 8.69. The molecule has 1 fully saturated rings. The van der Waals surface area contributed by atoms with Crippen LogP contribution in [-0.2, 0) is 21.4 Å². The van der Waals surface area contributed by atoms with Gasteiger partial charge in [-0.25, -0.2) is 13.4 Å². The summed E-state index contributed by atoms with van der Waals surface area (Å²) in [4.78, 5) is 21.4.